The highest BCUT2D eigenvalue weighted by molar-refractivity contribution is 4.82. The summed E-state index contributed by atoms with van der Waals surface area (Å²) >= 11 is 0. The number of rotatable bonds is 3. The van der Waals surface area contributed by atoms with Crippen LogP contribution in [-0.2, 0) is 0 Å². The number of nitrogens with one attached hydrogen (secondary N) is 3. The smallest absolute Gasteiger partial charge is 0.0197 e. The predicted octanol–water partition coefficient (Wildman–Crippen LogP) is 5.96. The molecule has 3 fully saturated rings. The van der Waals surface area contributed by atoms with Gasteiger partial charge in [-0.25, -0.2) is 0 Å². The van der Waals surface area contributed by atoms with Gasteiger partial charge in [-0.15, -0.1) is 0 Å². The molecule has 3 N–H and O–H groups in total. The van der Waals surface area contributed by atoms with Gasteiger partial charge in [-0.05, 0) is 106 Å². The lowest BCUT2D eigenvalue weighted by molar-refractivity contribution is 0.240. The zero-order chi connectivity index (χ0) is 22.5. The van der Waals surface area contributed by atoms with Crippen molar-refractivity contribution in [1.82, 2.24) is 20.9 Å². The minimum absolute atomic E-state index is 0. The van der Waals surface area contributed by atoms with Gasteiger partial charge in [-0.3, -0.25) is 0 Å². The Bertz CT molecular complexity index is 362. The molecule has 1 saturated carbocycles. The Kier molecular flexibility index (Phi) is 16.4. The average molecular weight is 441 g/mol. The van der Waals surface area contributed by atoms with Gasteiger partial charge in [0.05, 0.1) is 0 Å². The number of likely N-dealkylation sites (tertiary alicyclic amines) is 1. The Morgan fingerprint density at radius 3 is 1.61 bits per heavy atom. The second-order valence-corrected chi connectivity index (χ2v) is 11.7. The van der Waals surface area contributed by atoms with Gasteiger partial charge in [0.1, 0.15) is 0 Å². The Balaban J connectivity index is 0.000000434. The first-order chi connectivity index (χ1) is 14.1. The number of hydrogen-bond acceptors (Lipinski definition) is 4. The molecule has 0 amide bonds. The quantitative estimate of drug-likeness (QED) is 0.506. The van der Waals surface area contributed by atoms with E-state index in [-0.39, 0.29) is 13.0 Å². The molecule has 2 heterocycles. The van der Waals surface area contributed by atoms with E-state index in [1.54, 1.807) is 0 Å². The molecule has 31 heavy (non-hydrogen) atoms. The van der Waals surface area contributed by atoms with E-state index in [0.29, 0.717) is 11.6 Å². The van der Waals surface area contributed by atoms with E-state index in [0.717, 1.165) is 12.6 Å². The maximum atomic E-state index is 3.66. The van der Waals surface area contributed by atoms with Crippen LogP contribution in [0.25, 0.3) is 0 Å². The van der Waals surface area contributed by atoms with Gasteiger partial charge in [0.25, 0.3) is 0 Å². The van der Waals surface area contributed by atoms with E-state index >= 15 is 0 Å². The van der Waals surface area contributed by atoms with Crippen LogP contribution >= 0.6 is 0 Å². The standard InChI is InChI=1S/C10H21N.C9H20N2.C7H15N.CH4/c1-10(2,3)11-9-7-5-4-6-8-9;1-9(2,3)11-8-5-4-6-10-7-8;1-2-8-6-4-3-5-7-8;/h9,11H,4-8H2,1-3H3;8,10-11H,4-7H2,1-3H3;2-7H2,1H3;1H4. The number of hydrogen-bond donors (Lipinski definition) is 3. The maximum absolute atomic E-state index is 3.66. The molecule has 0 aromatic carbocycles. The van der Waals surface area contributed by atoms with Crippen LogP contribution < -0.4 is 16.0 Å². The molecule has 4 heteroatoms. The highest BCUT2D eigenvalue weighted by Gasteiger charge is 2.19. The molecule has 0 spiro atoms. The summed E-state index contributed by atoms with van der Waals surface area (Å²) in [6, 6.07) is 1.48. The van der Waals surface area contributed by atoms with Crippen LogP contribution in [0.2, 0.25) is 0 Å². The van der Waals surface area contributed by atoms with Gasteiger partial charge in [0, 0.05) is 29.7 Å². The van der Waals surface area contributed by atoms with E-state index in [4.69, 9.17) is 0 Å². The molecule has 0 aromatic rings. The van der Waals surface area contributed by atoms with Gasteiger partial charge < -0.3 is 20.9 Å². The molecule has 0 aromatic heterocycles. The molecular formula is C27H60N4. The Hall–Kier alpha value is -0.160. The van der Waals surface area contributed by atoms with Crippen molar-refractivity contribution in [3.63, 3.8) is 0 Å². The Morgan fingerprint density at radius 1 is 0.710 bits per heavy atom. The molecule has 2 aliphatic heterocycles. The van der Waals surface area contributed by atoms with Crippen LogP contribution in [-0.4, -0.2) is 60.8 Å². The molecule has 2 saturated heterocycles. The van der Waals surface area contributed by atoms with Crippen LogP contribution in [0.5, 0.6) is 0 Å². The fraction of sp³-hybridized carbons (Fsp3) is 1.00. The lowest BCUT2D eigenvalue weighted by atomic mass is 9.93. The summed E-state index contributed by atoms with van der Waals surface area (Å²) in [5.41, 5.74) is 0.575. The zero-order valence-corrected chi connectivity index (χ0v) is 21.7. The van der Waals surface area contributed by atoms with Crippen molar-refractivity contribution in [2.75, 3.05) is 32.7 Å². The average Bonchev–Trinajstić information content (AvgIpc) is 2.69. The second kappa shape index (κ2) is 16.5. The summed E-state index contributed by atoms with van der Waals surface area (Å²) in [7, 11) is 0. The second-order valence-electron chi connectivity index (χ2n) is 11.7. The van der Waals surface area contributed by atoms with Crippen LogP contribution in [0.15, 0.2) is 0 Å². The van der Waals surface area contributed by atoms with Crippen LogP contribution in [0.4, 0.5) is 0 Å². The first-order valence-electron chi connectivity index (χ1n) is 13.1. The topological polar surface area (TPSA) is 39.3 Å². The van der Waals surface area contributed by atoms with Crippen molar-refractivity contribution >= 4 is 0 Å². The first kappa shape index (κ1) is 30.8. The summed E-state index contributed by atoms with van der Waals surface area (Å²) in [5, 5.41) is 10.6. The van der Waals surface area contributed by atoms with E-state index < -0.39 is 0 Å². The third-order valence-corrected chi connectivity index (χ3v) is 6.07. The summed E-state index contributed by atoms with van der Waals surface area (Å²) in [4.78, 5) is 2.52. The van der Waals surface area contributed by atoms with Crippen LogP contribution in [0, 0.1) is 0 Å². The molecule has 188 valence electrons. The van der Waals surface area contributed by atoms with Gasteiger partial charge >= 0.3 is 0 Å². The molecule has 0 radical (unpaired) electrons. The third kappa shape index (κ3) is 18.0. The Morgan fingerprint density at radius 2 is 1.19 bits per heavy atom. The molecular weight excluding hydrogens is 380 g/mol. The molecule has 1 aliphatic carbocycles. The minimum atomic E-state index is 0. The highest BCUT2D eigenvalue weighted by atomic mass is 15.1. The number of nitrogens with zero attached hydrogens (tertiary/aromatic N) is 1. The van der Waals surface area contributed by atoms with E-state index in [2.05, 4.69) is 69.3 Å². The summed E-state index contributed by atoms with van der Waals surface area (Å²) in [6.07, 6.45) is 14.0. The molecule has 0 bridgehead atoms. The highest BCUT2D eigenvalue weighted by Crippen LogP contribution is 2.19. The third-order valence-electron chi connectivity index (χ3n) is 6.07. The normalized spacial score (nSPS) is 23.5. The van der Waals surface area contributed by atoms with Crippen molar-refractivity contribution in [1.29, 1.82) is 0 Å². The Labute approximate surface area is 197 Å². The fourth-order valence-corrected chi connectivity index (χ4v) is 4.72. The van der Waals surface area contributed by atoms with Crippen molar-refractivity contribution in [3.8, 4) is 0 Å². The zero-order valence-electron chi connectivity index (χ0n) is 21.7. The molecule has 1 atom stereocenters. The lowest BCUT2D eigenvalue weighted by Crippen LogP contribution is -2.50. The fourth-order valence-electron chi connectivity index (χ4n) is 4.72. The maximum Gasteiger partial charge on any atom is 0.0197 e. The predicted molar refractivity (Wildman–Crippen MR) is 141 cm³/mol. The SMILES string of the molecule is C.CC(C)(C)NC1CCCCC1.CC(C)(C)NC1CCCNC1.CCN1CCCCC1. The van der Waals surface area contributed by atoms with E-state index in [9.17, 15) is 0 Å². The van der Waals surface area contributed by atoms with Crippen LogP contribution in [0.3, 0.4) is 0 Å². The van der Waals surface area contributed by atoms with Gasteiger partial charge in [-0.2, -0.15) is 0 Å². The van der Waals surface area contributed by atoms with Crippen molar-refractivity contribution in [2.24, 2.45) is 0 Å². The van der Waals surface area contributed by atoms with Crippen molar-refractivity contribution < 1.29 is 0 Å². The van der Waals surface area contributed by atoms with Crippen molar-refractivity contribution in [3.05, 3.63) is 0 Å². The molecule has 4 nitrogen and oxygen atoms in total. The van der Waals surface area contributed by atoms with E-state index in [1.807, 2.05) is 0 Å². The first-order valence-corrected chi connectivity index (χ1v) is 13.1. The van der Waals surface area contributed by atoms with Gasteiger partial charge in [-0.1, -0.05) is 40.0 Å². The largest absolute Gasteiger partial charge is 0.315 e. The molecule has 1 unspecified atom stereocenters. The van der Waals surface area contributed by atoms with Gasteiger partial charge in [0.15, 0.2) is 0 Å². The number of piperidine rings is 2. The van der Waals surface area contributed by atoms with Crippen molar-refractivity contribution in [2.45, 2.75) is 143 Å². The summed E-state index contributed by atoms with van der Waals surface area (Å²) in [5.74, 6) is 0. The van der Waals surface area contributed by atoms with Crippen LogP contribution in [0.1, 0.15) is 120 Å². The minimum Gasteiger partial charge on any atom is -0.315 e. The molecule has 3 aliphatic rings. The van der Waals surface area contributed by atoms with Gasteiger partial charge in [0.2, 0.25) is 0 Å². The monoisotopic (exact) mass is 440 g/mol. The lowest BCUT2D eigenvalue weighted by Gasteiger charge is -2.31. The summed E-state index contributed by atoms with van der Waals surface area (Å²) in [6.45, 7) is 21.9. The van der Waals surface area contributed by atoms with E-state index in [1.165, 1.54) is 90.4 Å². The summed E-state index contributed by atoms with van der Waals surface area (Å²) < 4.78 is 0. The molecule has 3 rings (SSSR count).